The lowest BCUT2D eigenvalue weighted by Crippen LogP contribution is -2.30. The molecule has 1 heterocycles. The maximum atomic E-state index is 11.9. The fraction of sp³-hybridized carbons (Fsp3) is 0.500. The Hall–Kier alpha value is -1.78. The van der Waals surface area contributed by atoms with E-state index in [1.54, 1.807) is 30.3 Å². The van der Waals surface area contributed by atoms with Gasteiger partial charge in [0.2, 0.25) is 0 Å². The quantitative estimate of drug-likeness (QED) is 0.755. The number of likely N-dealkylation sites (N-methyl/N-ethyl adjacent to an activating group) is 1. The predicted molar refractivity (Wildman–Crippen MR) is 65.4 cm³/mol. The number of hydrogen-bond acceptors (Lipinski definition) is 4. The largest absolute Gasteiger partial charge is 0.443 e. The van der Waals surface area contributed by atoms with Gasteiger partial charge in [-0.15, -0.1) is 0 Å². The number of nitrogens with zero attached hydrogens (tertiary/aromatic N) is 2. The maximum absolute atomic E-state index is 11.9. The van der Waals surface area contributed by atoms with Crippen molar-refractivity contribution in [1.82, 2.24) is 4.57 Å². The van der Waals surface area contributed by atoms with Gasteiger partial charge in [0.05, 0.1) is 6.54 Å². The third kappa shape index (κ3) is 3.62. The van der Waals surface area contributed by atoms with Crippen molar-refractivity contribution in [1.29, 1.82) is 0 Å². The highest BCUT2D eigenvalue weighted by atomic mass is 16.6. The Labute approximate surface area is 101 Å². The monoisotopic (exact) mass is 238 g/mol. The van der Waals surface area contributed by atoms with Crippen molar-refractivity contribution in [2.45, 2.75) is 26.4 Å². The van der Waals surface area contributed by atoms with Crippen LogP contribution in [0, 0.1) is 0 Å². The molecule has 17 heavy (non-hydrogen) atoms. The molecule has 0 bridgehead atoms. The Morgan fingerprint density at radius 2 is 2.18 bits per heavy atom. The standard InChI is InChI=1S/C12H18N2O3/c1-12(2,3)17-11(16)14-7-5-6-10(14)13(4)8-9-15/h5-7,9H,8H2,1-4H3. The minimum Gasteiger partial charge on any atom is -0.443 e. The highest BCUT2D eigenvalue weighted by molar-refractivity contribution is 5.76. The number of aromatic nitrogens is 1. The zero-order valence-electron chi connectivity index (χ0n) is 10.6. The first-order valence-corrected chi connectivity index (χ1v) is 5.40. The van der Waals surface area contributed by atoms with Crippen LogP contribution in [0.3, 0.4) is 0 Å². The third-order valence-electron chi connectivity index (χ3n) is 2.06. The Balaban J connectivity index is 2.88. The molecule has 5 heteroatoms. The van der Waals surface area contributed by atoms with Crippen LogP contribution in [0.2, 0.25) is 0 Å². The summed E-state index contributed by atoms with van der Waals surface area (Å²) in [6, 6.07) is 3.49. The molecule has 0 saturated heterocycles. The molecule has 1 aromatic heterocycles. The predicted octanol–water partition coefficient (Wildman–Crippen LogP) is 1.91. The summed E-state index contributed by atoms with van der Waals surface area (Å²) in [7, 11) is 1.74. The van der Waals surface area contributed by atoms with E-state index >= 15 is 0 Å². The van der Waals surface area contributed by atoms with Crippen molar-refractivity contribution in [2.75, 3.05) is 18.5 Å². The van der Waals surface area contributed by atoms with Gasteiger partial charge >= 0.3 is 6.09 Å². The molecule has 0 aliphatic carbocycles. The molecule has 94 valence electrons. The number of ether oxygens (including phenoxy) is 1. The van der Waals surface area contributed by atoms with E-state index in [9.17, 15) is 9.59 Å². The van der Waals surface area contributed by atoms with Crippen LogP contribution >= 0.6 is 0 Å². The SMILES string of the molecule is CN(CC=O)c1cccn1C(=O)OC(C)(C)C. The average Bonchev–Trinajstić information content (AvgIpc) is 2.63. The zero-order chi connectivity index (χ0) is 13.1. The number of rotatable bonds is 3. The summed E-state index contributed by atoms with van der Waals surface area (Å²) >= 11 is 0. The van der Waals surface area contributed by atoms with Gasteiger partial charge in [-0.1, -0.05) is 0 Å². The first-order valence-electron chi connectivity index (χ1n) is 5.40. The summed E-state index contributed by atoms with van der Waals surface area (Å²) in [6.07, 6.45) is 1.95. The van der Waals surface area contributed by atoms with Gasteiger partial charge in [0.1, 0.15) is 17.7 Å². The molecular weight excluding hydrogens is 220 g/mol. The van der Waals surface area contributed by atoms with Crippen molar-refractivity contribution < 1.29 is 14.3 Å². The van der Waals surface area contributed by atoms with Crippen LogP contribution in [0.15, 0.2) is 18.3 Å². The van der Waals surface area contributed by atoms with Crippen LogP contribution in [0.5, 0.6) is 0 Å². The molecule has 0 aliphatic rings. The third-order valence-corrected chi connectivity index (χ3v) is 2.06. The van der Waals surface area contributed by atoms with Crippen LogP contribution in [-0.4, -0.2) is 36.1 Å². The minimum atomic E-state index is -0.540. The Morgan fingerprint density at radius 3 is 2.71 bits per heavy atom. The van der Waals surface area contributed by atoms with Crippen molar-refractivity contribution in [2.24, 2.45) is 0 Å². The lowest BCUT2D eigenvalue weighted by molar-refractivity contribution is -0.106. The molecule has 0 N–H and O–H groups in total. The molecule has 0 atom stereocenters. The van der Waals surface area contributed by atoms with E-state index in [2.05, 4.69) is 0 Å². The summed E-state index contributed by atoms with van der Waals surface area (Å²) in [5.74, 6) is 0.631. The van der Waals surface area contributed by atoms with Crippen LogP contribution in [0.4, 0.5) is 10.6 Å². The van der Waals surface area contributed by atoms with Crippen LogP contribution in [-0.2, 0) is 9.53 Å². The van der Waals surface area contributed by atoms with E-state index in [1.165, 1.54) is 4.57 Å². The first-order chi connectivity index (χ1) is 7.85. The maximum Gasteiger partial charge on any atom is 0.420 e. The molecule has 0 aromatic carbocycles. The van der Waals surface area contributed by atoms with Gasteiger partial charge in [0, 0.05) is 13.2 Å². The number of aldehydes is 1. The number of carbonyl (C=O) groups excluding carboxylic acids is 2. The van der Waals surface area contributed by atoms with Gasteiger partial charge < -0.3 is 14.4 Å². The van der Waals surface area contributed by atoms with Gasteiger partial charge in [-0.25, -0.2) is 9.36 Å². The van der Waals surface area contributed by atoms with Gasteiger partial charge in [-0.2, -0.15) is 0 Å². The smallest absolute Gasteiger partial charge is 0.420 e. The van der Waals surface area contributed by atoms with Gasteiger partial charge in [0.25, 0.3) is 0 Å². The Morgan fingerprint density at radius 1 is 1.53 bits per heavy atom. The van der Waals surface area contributed by atoms with Crippen molar-refractivity contribution in [3.8, 4) is 0 Å². The summed E-state index contributed by atoms with van der Waals surface area (Å²) in [5.41, 5.74) is -0.540. The molecule has 0 fully saturated rings. The molecule has 0 radical (unpaired) electrons. The Bertz CT molecular complexity index is 404. The normalized spacial score (nSPS) is 11.1. The summed E-state index contributed by atoms with van der Waals surface area (Å²) < 4.78 is 6.64. The number of anilines is 1. The van der Waals surface area contributed by atoms with E-state index in [4.69, 9.17) is 4.74 Å². The van der Waals surface area contributed by atoms with Crippen molar-refractivity contribution in [3.63, 3.8) is 0 Å². The van der Waals surface area contributed by atoms with Crippen LogP contribution in [0.25, 0.3) is 0 Å². The highest BCUT2D eigenvalue weighted by Gasteiger charge is 2.20. The molecule has 0 unspecified atom stereocenters. The van der Waals surface area contributed by atoms with Crippen molar-refractivity contribution >= 4 is 18.2 Å². The molecular formula is C12H18N2O3. The van der Waals surface area contributed by atoms with E-state index in [0.29, 0.717) is 5.82 Å². The molecule has 5 nitrogen and oxygen atoms in total. The zero-order valence-corrected chi connectivity index (χ0v) is 10.6. The second-order valence-corrected chi connectivity index (χ2v) is 4.76. The highest BCUT2D eigenvalue weighted by Crippen LogP contribution is 2.16. The fourth-order valence-corrected chi connectivity index (χ4v) is 1.35. The van der Waals surface area contributed by atoms with Gasteiger partial charge in [-0.05, 0) is 32.9 Å². The minimum absolute atomic E-state index is 0.229. The molecule has 1 aromatic rings. The summed E-state index contributed by atoms with van der Waals surface area (Å²) in [5, 5.41) is 0. The lowest BCUT2D eigenvalue weighted by Gasteiger charge is -2.22. The van der Waals surface area contributed by atoms with Crippen molar-refractivity contribution in [3.05, 3.63) is 18.3 Å². The molecule has 0 aliphatic heterocycles. The molecule has 0 saturated carbocycles. The first kappa shape index (κ1) is 13.3. The van der Waals surface area contributed by atoms with E-state index in [-0.39, 0.29) is 6.54 Å². The van der Waals surface area contributed by atoms with Gasteiger partial charge in [0.15, 0.2) is 0 Å². The summed E-state index contributed by atoms with van der Waals surface area (Å²) in [4.78, 5) is 24.0. The molecule has 0 spiro atoms. The second-order valence-electron chi connectivity index (χ2n) is 4.76. The van der Waals surface area contributed by atoms with E-state index in [1.807, 2.05) is 20.8 Å². The lowest BCUT2D eigenvalue weighted by atomic mass is 10.2. The molecule has 0 amide bonds. The number of carbonyl (C=O) groups is 2. The van der Waals surface area contributed by atoms with E-state index < -0.39 is 11.7 Å². The average molecular weight is 238 g/mol. The topological polar surface area (TPSA) is 51.5 Å². The van der Waals surface area contributed by atoms with Gasteiger partial charge in [-0.3, -0.25) is 0 Å². The fourth-order valence-electron chi connectivity index (χ4n) is 1.35. The second kappa shape index (κ2) is 5.03. The molecule has 1 rings (SSSR count). The van der Waals surface area contributed by atoms with Crippen LogP contribution in [0.1, 0.15) is 20.8 Å². The summed E-state index contributed by atoms with van der Waals surface area (Å²) in [6.45, 7) is 5.66. The van der Waals surface area contributed by atoms with Crippen LogP contribution < -0.4 is 4.90 Å². The number of hydrogen-bond donors (Lipinski definition) is 0. The van der Waals surface area contributed by atoms with E-state index in [0.717, 1.165) is 6.29 Å². The Kier molecular flexibility index (Phi) is 3.93.